The van der Waals surface area contributed by atoms with Crippen molar-refractivity contribution in [2.45, 2.75) is 52.0 Å². The molecule has 0 unspecified atom stereocenters. The number of hydrogen-bond donors (Lipinski definition) is 0. The first-order valence-electron chi connectivity index (χ1n) is 8.47. The Morgan fingerprint density at radius 3 is 2.77 bits per heavy atom. The summed E-state index contributed by atoms with van der Waals surface area (Å²) in [4.78, 5) is 19.1. The summed E-state index contributed by atoms with van der Waals surface area (Å²) in [5, 5.41) is 0. The average molecular weight is 299 g/mol. The summed E-state index contributed by atoms with van der Waals surface area (Å²) in [5.41, 5.74) is 2.24. The number of para-hydroxylation sites is 2. The third-order valence-corrected chi connectivity index (χ3v) is 4.49. The van der Waals surface area contributed by atoms with E-state index in [-0.39, 0.29) is 11.8 Å². The number of nitrogens with zero attached hydrogens (tertiary/aromatic N) is 3. The lowest BCUT2D eigenvalue weighted by molar-refractivity contribution is -0.127. The van der Waals surface area contributed by atoms with Crippen LogP contribution >= 0.6 is 0 Å². The molecular formula is C18H25N3O. The van der Waals surface area contributed by atoms with Gasteiger partial charge in [0.05, 0.1) is 11.0 Å². The largest absolute Gasteiger partial charge is 0.342 e. The molecule has 3 rings (SSSR count). The lowest BCUT2D eigenvalue weighted by Crippen LogP contribution is -2.26. The molecule has 0 aliphatic carbocycles. The molecule has 0 N–H and O–H groups in total. The second kappa shape index (κ2) is 6.51. The molecule has 0 bridgehead atoms. The van der Waals surface area contributed by atoms with E-state index in [9.17, 15) is 4.79 Å². The molecule has 4 nitrogen and oxygen atoms in total. The highest BCUT2D eigenvalue weighted by molar-refractivity contribution is 5.80. The van der Waals surface area contributed by atoms with E-state index < -0.39 is 0 Å². The third kappa shape index (κ3) is 2.74. The Hall–Kier alpha value is -1.84. The van der Waals surface area contributed by atoms with Crippen molar-refractivity contribution in [1.82, 2.24) is 14.5 Å². The van der Waals surface area contributed by atoms with Crippen LogP contribution in [0.4, 0.5) is 0 Å². The predicted octanol–water partition coefficient (Wildman–Crippen LogP) is 3.56. The molecule has 0 saturated carbocycles. The van der Waals surface area contributed by atoms with Crippen LogP contribution in [0.5, 0.6) is 0 Å². The molecule has 22 heavy (non-hydrogen) atoms. The second-order valence-corrected chi connectivity index (χ2v) is 6.20. The number of carbonyl (C=O) groups excluding carboxylic acids is 1. The molecule has 2 aromatic rings. The maximum absolute atomic E-state index is 12.2. The highest BCUT2D eigenvalue weighted by Gasteiger charge is 2.33. The van der Waals surface area contributed by atoms with Gasteiger partial charge in [0.1, 0.15) is 5.82 Å². The van der Waals surface area contributed by atoms with Crippen molar-refractivity contribution in [1.29, 1.82) is 0 Å². The maximum atomic E-state index is 12.2. The Labute approximate surface area is 132 Å². The summed E-state index contributed by atoms with van der Waals surface area (Å²) in [6, 6.07) is 8.29. The number of benzene rings is 1. The standard InChI is InChI=1S/C18H25N3O/c1-3-5-11-20-13-14(12-17(20)22)18-19-15-8-6-7-9-16(15)21(18)10-4-2/h6-9,14H,3-5,10-13H2,1-2H3/t14-/m1/s1. The molecule has 1 aromatic carbocycles. The monoisotopic (exact) mass is 299 g/mol. The summed E-state index contributed by atoms with van der Waals surface area (Å²) < 4.78 is 2.32. The van der Waals surface area contributed by atoms with Crippen LogP contribution in [0.25, 0.3) is 11.0 Å². The van der Waals surface area contributed by atoms with Gasteiger partial charge in [-0.25, -0.2) is 4.98 Å². The van der Waals surface area contributed by atoms with Gasteiger partial charge in [-0.15, -0.1) is 0 Å². The van der Waals surface area contributed by atoms with Crippen LogP contribution in [0.15, 0.2) is 24.3 Å². The third-order valence-electron chi connectivity index (χ3n) is 4.49. The van der Waals surface area contributed by atoms with E-state index in [1.807, 2.05) is 11.0 Å². The molecule has 1 atom stereocenters. The number of aryl methyl sites for hydroxylation is 1. The van der Waals surface area contributed by atoms with Crippen molar-refractivity contribution in [3.63, 3.8) is 0 Å². The minimum Gasteiger partial charge on any atom is -0.342 e. The fraction of sp³-hybridized carbons (Fsp3) is 0.556. The number of carbonyl (C=O) groups is 1. The number of hydrogen-bond acceptors (Lipinski definition) is 2. The van der Waals surface area contributed by atoms with E-state index in [2.05, 4.69) is 36.6 Å². The summed E-state index contributed by atoms with van der Waals surface area (Å²) >= 11 is 0. The molecule has 1 aliphatic heterocycles. The lowest BCUT2D eigenvalue weighted by atomic mass is 10.1. The van der Waals surface area contributed by atoms with E-state index in [0.29, 0.717) is 6.42 Å². The molecule has 1 aliphatic rings. The van der Waals surface area contributed by atoms with Gasteiger partial charge in [0, 0.05) is 32.0 Å². The van der Waals surface area contributed by atoms with Crippen LogP contribution in [0.2, 0.25) is 0 Å². The highest BCUT2D eigenvalue weighted by Crippen LogP contribution is 2.30. The Kier molecular flexibility index (Phi) is 4.46. The lowest BCUT2D eigenvalue weighted by Gasteiger charge is -2.16. The summed E-state index contributed by atoms with van der Waals surface area (Å²) in [6.07, 6.45) is 3.90. The minimum atomic E-state index is 0.239. The average Bonchev–Trinajstić information content (AvgIpc) is 3.07. The van der Waals surface area contributed by atoms with Gasteiger partial charge in [0.2, 0.25) is 5.91 Å². The van der Waals surface area contributed by atoms with Gasteiger partial charge in [0.25, 0.3) is 0 Å². The molecule has 0 radical (unpaired) electrons. The van der Waals surface area contributed by atoms with Gasteiger partial charge in [-0.05, 0) is 25.0 Å². The van der Waals surface area contributed by atoms with Crippen LogP contribution in [0.3, 0.4) is 0 Å². The van der Waals surface area contributed by atoms with Crippen LogP contribution in [-0.4, -0.2) is 33.4 Å². The molecule has 2 heterocycles. The maximum Gasteiger partial charge on any atom is 0.223 e. The van der Waals surface area contributed by atoms with Crippen molar-refractivity contribution in [2.75, 3.05) is 13.1 Å². The number of rotatable bonds is 6. The van der Waals surface area contributed by atoms with E-state index >= 15 is 0 Å². The molecule has 1 fully saturated rings. The number of aromatic nitrogens is 2. The van der Waals surface area contributed by atoms with E-state index in [1.54, 1.807) is 0 Å². The normalized spacial score (nSPS) is 18.5. The molecule has 0 spiro atoms. The summed E-state index contributed by atoms with van der Waals surface area (Å²) in [5.74, 6) is 1.62. The fourth-order valence-electron chi connectivity index (χ4n) is 3.37. The molecule has 1 aromatic heterocycles. The Morgan fingerprint density at radius 1 is 1.18 bits per heavy atom. The Bertz CT molecular complexity index is 661. The van der Waals surface area contributed by atoms with E-state index in [0.717, 1.165) is 50.2 Å². The molecule has 118 valence electrons. The Balaban J connectivity index is 1.90. The van der Waals surface area contributed by atoms with Gasteiger partial charge in [-0.1, -0.05) is 32.4 Å². The first kappa shape index (κ1) is 15.1. The van der Waals surface area contributed by atoms with Gasteiger partial charge in [-0.3, -0.25) is 4.79 Å². The number of likely N-dealkylation sites (tertiary alicyclic amines) is 1. The van der Waals surface area contributed by atoms with Crippen LogP contribution in [0, 0.1) is 0 Å². The second-order valence-electron chi connectivity index (χ2n) is 6.20. The van der Waals surface area contributed by atoms with E-state index in [1.165, 1.54) is 5.52 Å². The predicted molar refractivity (Wildman–Crippen MR) is 88.9 cm³/mol. The highest BCUT2D eigenvalue weighted by atomic mass is 16.2. The quantitative estimate of drug-likeness (QED) is 0.818. The zero-order valence-corrected chi connectivity index (χ0v) is 13.6. The van der Waals surface area contributed by atoms with Crippen molar-refractivity contribution in [3.05, 3.63) is 30.1 Å². The first-order chi connectivity index (χ1) is 10.7. The zero-order chi connectivity index (χ0) is 15.5. The van der Waals surface area contributed by atoms with Crippen molar-refractivity contribution in [2.24, 2.45) is 0 Å². The summed E-state index contributed by atoms with van der Waals surface area (Å²) in [6.45, 7) is 7.03. The van der Waals surface area contributed by atoms with Crippen LogP contribution in [0.1, 0.15) is 51.3 Å². The topological polar surface area (TPSA) is 38.1 Å². The smallest absolute Gasteiger partial charge is 0.223 e. The van der Waals surface area contributed by atoms with Crippen molar-refractivity contribution < 1.29 is 4.79 Å². The van der Waals surface area contributed by atoms with Crippen LogP contribution < -0.4 is 0 Å². The van der Waals surface area contributed by atoms with Crippen molar-refractivity contribution >= 4 is 16.9 Å². The zero-order valence-electron chi connectivity index (χ0n) is 13.6. The molecule has 1 amide bonds. The van der Waals surface area contributed by atoms with Gasteiger partial charge >= 0.3 is 0 Å². The van der Waals surface area contributed by atoms with Gasteiger partial charge < -0.3 is 9.47 Å². The number of unbranched alkanes of at least 4 members (excludes halogenated alkanes) is 1. The minimum absolute atomic E-state index is 0.239. The van der Waals surface area contributed by atoms with Crippen LogP contribution in [-0.2, 0) is 11.3 Å². The SMILES string of the molecule is CCCCN1C[C@H](c2nc3ccccc3n2CCC)CC1=O. The first-order valence-corrected chi connectivity index (χ1v) is 8.47. The van der Waals surface area contributed by atoms with Crippen molar-refractivity contribution in [3.8, 4) is 0 Å². The molecule has 1 saturated heterocycles. The van der Waals surface area contributed by atoms with Gasteiger partial charge in [-0.2, -0.15) is 0 Å². The molecule has 4 heteroatoms. The summed E-state index contributed by atoms with van der Waals surface area (Å²) in [7, 11) is 0. The number of imidazole rings is 1. The van der Waals surface area contributed by atoms with E-state index in [4.69, 9.17) is 4.98 Å². The molecular weight excluding hydrogens is 274 g/mol. The fourth-order valence-corrected chi connectivity index (χ4v) is 3.37. The number of fused-ring (bicyclic) bond motifs is 1. The Morgan fingerprint density at radius 2 is 2.00 bits per heavy atom. The number of amides is 1. The van der Waals surface area contributed by atoms with Gasteiger partial charge in [0.15, 0.2) is 0 Å².